The van der Waals surface area contributed by atoms with Gasteiger partial charge in [0.2, 0.25) is 5.95 Å². The SMILES string of the molecule is COc1cccc(-c2cnc(N(C)C)nc2C2CCCN2S(=O)(=O)c2cn(C)cn2)c1. The molecule has 1 fully saturated rings. The summed E-state index contributed by atoms with van der Waals surface area (Å²) in [5.74, 6) is 1.24. The van der Waals surface area contributed by atoms with Crippen LogP contribution in [0.3, 0.4) is 0 Å². The van der Waals surface area contributed by atoms with Gasteiger partial charge in [0.05, 0.1) is 25.2 Å². The Morgan fingerprint density at radius 2 is 2.03 bits per heavy atom. The van der Waals surface area contributed by atoms with Crippen LogP contribution in [0.25, 0.3) is 11.1 Å². The Morgan fingerprint density at radius 3 is 2.71 bits per heavy atom. The van der Waals surface area contributed by atoms with Gasteiger partial charge >= 0.3 is 0 Å². The van der Waals surface area contributed by atoms with E-state index in [1.54, 1.807) is 24.9 Å². The van der Waals surface area contributed by atoms with E-state index >= 15 is 0 Å². The standard InChI is InChI=1S/C21H26N6O3S/c1-25(2)21-22-12-17(15-7-5-8-16(11-15)30-4)20(24-21)18-9-6-10-27(18)31(28,29)19-13-26(3)14-23-19/h5,7-8,11-14,18H,6,9-10H2,1-4H3. The van der Waals surface area contributed by atoms with Crippen LogP contribution in [0.2, 0.25) is 0 Å². The van der Waals surface area contributed by atoms with E-state index in [0.29, 0.717) is 30.4 Å². The minimum atomic E-state index is -3.76. The fourth-order valence-corrected chi connectivity index (χ4v) is 5.44. The van der Waals surface area contributed by atoms with Gasteiger partial charge in [-0.05, 0) is 30.5 Å². The quantitative estimate of drug-likeness (QED) is 0.579. The number of aryl methyl sites for hydroxylation is 1. The number of hydrogen-bond donors (Lipinski definition) is 0. The third-order valence-corrected chi connectivity index (χ3v) is 7.15. The fraction of sp³-hybridized carbons (Fsp3) is 0.381. The van der Waals surface area contributed by atoms with Crippen molar-refractivity contribution in [1.82, 2.24) is 23.8 Å². The molecule has 10 heteroatoms. The number of nitrogens with zero attached hydrogens (tertiary/aromatic N) is 6. The summed E-state index contributed by atoms with van der Waals surface area (Å²) in [6.45, 7) is 0.419. The third kappa shape index (κ3) is 4.00. The summed E-state index contributed by atoms with van der Waals surface area (Å²) in [7, 11) is 3.33. The van der Waals surface area contributed by atoms with Gasteiger partial charge in [-0.15, -0.1) is 0 Å². The molecule has 0 spiro atoms. The Bertz CT molecular complexity index is 1190. The maximum atomic E-state index is 13.4. The van der Waals surface area contributed by atoms with Gasteiger partial charge in [0.25, 0.3) is 10.0 Å². The zero-order valence-corrected chi connectivity index (χ0v) is 18.9. The molecule has 0 aliphatic carbocycles. The van der Waals surface area contributed by atoms with Gasteiger partial charge in [-0.2, -0.15) is 4.31 Å². The highest BCUT2D eigenvalue weighted by Gasteiger charge is 2.39. The first-order chi connectivity index (χ1) is 14.8. The lowest BCUT2D eigenvalue weighted by atomic mass is 10.00. The highest BCUT2D eigenvalue weighted by atomic mass is 32.2. The molecule has 1 aliphatic rings. The summed E-state index contributed by atoms with van der Waals surface area (Å²) in [4.78, 5) is 15.2. The van der Waals surface area contributed by atoms with E-state index in [1.165, 1.54) is 16.8 Å². The summed E-state index contributed by atoms with van der Waals surface area (Å²) in [6, 6.07) is 7.21. The predicted molar refractivity (Wildman–Crippen MR) is 117 cm³/mol. The summed E-state index contributed by atoms with van der Waals surface area (Å²) in [5.41, 5.74) is 2.35. The lowest BCUT2D eigenvalue weighted by molar-refractivity contribution is 0.389. The van der Waals surface area contributed by atoms with E-state index in [9.17, 15) is 8.42 Å². The van der Waals surface area contributed by atoms with Crippen LogP contribution in [0, 0.1) is 0 Å². The minimum Gasteiger partial charge on any atom is -0.497 e. The number of methoxy groups -OCH3 is 1. The van der Waals surface area contributed by atoms with Gasteiger partial charge in [0.15, 0.2) is 5.03 Å². The van der Waals surface area contributed by atoms with Gasteiger partial charge in [0.1, 0.15) is 5.75 Å². The Labute approximate surface area is 182 Å². The molecule has 31 heavy (non-hydrogen) atoms. The summed E-state index contributed by atoms with van der Waals surface area (Å²) in [5, 5.41) is 0.0479. The molecule has 164 valence electrons. The van der Waals surface area contributed by atoms with Crippen LogP contribution in [0.5, 0.6) is 5.75 Å². The van der Waals surface area contributed by atoms with Crippen LogP contribution < -0.4 is 9.64 Å². The molecule has 1 aromatic carbocycles. The van der Waals surface area contributed by atoms with Gasteiger partial charge in [0, 0.05) is 45.6 Å². The van der Waals surface area contributed by atoms with Crippen molar-refractivity contribution in [3.05, 3.63) is 48.7 Å². The van der Waals surface area contributed by atoms with E-state index in [0.717, 1.165) is 17.5 Å². The van der Waals surface area contributed by atoms with Crippen molar-refractivity contribution < 1.29 is 13.2 Å². The summed E-state index contributed by atoms with van der Waals surface area (Å²) in [6.07, 6.45) is 6.20. The molecule has 0 amide bonds. The monoisotopic (exact) mass is 442 g/mol. The molecule has 0 bridgehead atoms. The molecule has 3 aromatic rings. The smallest absolute Gasteiger partial charge is 0.262 e. The van der Waals surface area contributed by atoms with Crippen LogP contribution in [0.4, 0.5) is 5.95 Å². The molecule has 0 radical (unpaired) electrons. The zero-order valence-electron chi connectivity index (χ0n) is 18.1. The first kappa shape index (κ1) is 21.3. The van der Waals surface area contributed by atoms with Gasteiger partial charge < -0.3 is 14.2 Å². The van der Waals surface area contributed by atoms with Crippen LogP contribution in [-0.2, 0) is 17.1 Å². The number of anilines is 1. The second-order valence-corrected chi connectivity index (χ2v) is 9.58. The number of sulfonamides is 1. The van der Waals surface area contributed by atoms with Crippen molar-refractivity contribution >= 4 is 16.0 Å². The Balaban J connectivity index is 1.84. The molecule has 9 nitrogen and oxygen atoms in total. The van der Waals surface area contributed by atoms with Gasteiger partial charge in [-0.25, -0.2) is 23.4 Å². The molecule has 1 unspecified atom stereocenters. The second kappa shape index (κ2) is 8.27. The van der Waals surface area contributed by atoms with Crippen LogP contribution in [-0.4, -0.2) is 60.0 Å². The van der Waals surface area contributed by atoms with E-state index in [1.807, 2.05) is 43.3 Å². The molecule has 2 aromatic heterocycles. The molecule has 1 atom stereocenters. The van der Waals surface area contributed by atoms with E-state index in [-0.39, 0.29) is 5.03 Å². The molecule has 3 heterocycles. The minimum absolute atomic E-state index is 0.0479. The Kier molecular flexibility index (Phi) is 5.67. The molecule has 1 aliphatic heterocycles. The topological polar surface area (TPSA) is 93.5 Å². The summed E-state index contributed by atoms with van der Waals surface area (Å²) < 4.78 is 35.3. The Morgan fingerprint density at radius 1 is 1.23 bits per heavy atom. The van der Waals surface area contributed by atoms with Crippen molar-refractivity contribution in [2.45, 2.75) is 23.9 Å². The van der Waals surface area contributed by atoms with E-state index in [2.05, 4.69) is 9.97 Å². The average molecular weight is 443 g/mol. The zero-order chi connectivity index (χ0) is 22.2. The van der Waals surface area contributed by atoms with Crippen molar-refractivity contribution in [3.63, 3.8) is 0 Å². The molecule has 0 saturated carbocycles. The molecular weight excluding hydrogens is 416 g/mol. The number of ether oxygens (including phenoxy) is 1. The van der Waals surface area contributed by atoms with Crippen molar-refractivity contribution in [3.8, 4) is 16.9 Å². The number of aromatic nitrogens is 4. The number of imidazole rings is 1. The van der Waals surface area contributed by atoms with Crippen molar-refractivity contribution in [2.75, 3.05) is 32.6 Å². The highest BCUT2D eigenvalue weighted by molar-refractivity contribution is 7.89. The molecular formula is C21H26N6O3S. The summed E-state index contributed by atoms with van der Waals surface area (Å²) >= 11 is 0. The van der Waals surface area contributed by atoms with Crippen LogP contribution in [0.15, 0.2) is 48.0 Å². The predicted octanol–water partition coefficient (Wildman–Crippen LogP) is 2.48. The van der Waals surface area contributed by atoms with Crippen LogP contribution >= 0.6 is 0 Å². The number of hydrogen-bond acceptors (Lipinski definition) is 7. The van der Waals surface area contributed by atoms with Crippen LogP contribution in [0.1, 0.15) is 24.6 Å². The number of rotatable bonds is 6. The van der Waals surface area contributed by atoms with E-state index < -0.39 is 16.1 Å². The normalized spacial score (nSPS) is 17.1. The van der Waals surface area contributed by atoms with E-state index in [4.69, 9.17) is 9.72 Å². The van der Waals surface area contributed by atoms with Crippen molar-refractivity contribution in [2.24, 2.45) is 7.05 Å². The Hall–Kier alpha value is -2.98. The van der Waals surface area contributed by atoms with Gasteiger partial charge in [-0.3, -0.25) is 0 Å². The van der Waals surface area contributed by atoms with Crippen molar-refractivity contribution in [1.29, 1.82) is 0 Å². The third-order valence-electron chi connectivity index (χ3n) is 5.36. The molecule has 0 N–H and O–H groups in total. The average Bonchev–Trinajstić information content (AvgIpc) is 3.43. The highest BCUT2D eigenvalue weighted by Crippen LogP contribution is 2.40. The maximum Gasteiger partial charge on any atom is 0.262 e. The first-order valence-corrected chi connectivity index (χ1v) is 11.4. The maximum absolute atomic E-state index is 13.4. The van der Waals surface area contributed by atoms with Gasteiger partial charge in [-0.1, -0.05) is 12.1 Å². The lowest BCUT2D eigenvalue weighted by Crippen LogP contribution is -2.32. The fourth-order valence-electron chi connectivity index (χ4n) is 3.81. The second-order valence-electron chi connectivity index (χ2n) is 7.75. The lowest BCUT2D eigenvalue weighted by Gasteiger charge is -2.25. The first-order valence-electron chi connectivity index (χ1n) is 9.99. The largest absolute Gasteiger partial charge is 0.497 e. The molecule has 1 saturated heterocycles. The molecule has 4 rings (SSSR count). The number of benzene rings is 1.